The highest BCUT2D eigenvalue weighted by Gasteiger charge is 2.29. The Morgan fingerprint density at radius 1 is 1.30 bits per heavy atom. The number of aromatic nitrogens is 2. The topological polar surface area (TPSA) is 83.3 Å². The Labute approximate surface area is 178 Å². The van der Waals surface area contributed by atoms with Gasteiger partial charge in [-0.15, -0.1) is 11.3 Å². The molecule has 2 aromatic heterocycles. The zero-order valence-electron chi connectivity index (χ0n) is 16.6. The molecule has 5 rings (SSSR count). The summed E-state index contributed by atoms with van der Waals surface area (Å²) >= 11 is 1.56. The van der Waals surface area contributed by atoms with Crippen LogP contribution in [0.1, 0.15) is 41.3 Å². The summed E-state index contributed by atoms with van der Waals surface area (Å²) in [5.74, 6) is 2.30. The number of nitriles is 1. The molecular weight excluding hydrogens is 398 g/mol. The van der Waals surface area contributed by atoms with Crippen molar-refractivity contribution in [2.24, 2.45) is 0 Å². The molecule has 0 saturated carbocycles. The van der Waals surface area contributed by atoms with Gasteiger partial charge in [0.05, 0.1) is 23.4 Å². The molecule has 0 unspecified atom stereocenters. The number of likely N-dealkylation sites (tertiary alicyclic amines) is 1. The van der Waals surface area contributed by atoms with Crippen molar-refractivity contribution in [1.82, 2.24) is 14.9 Å². The Balaban J connectivity index is 1.32. The third kappa shape index (κ3) is 3.70. The van der Waals surface area contributed by atoms with E-state index in [2.05, 4.69) is 45.7 Å². The van der Waals surface area contributed by atoms with Crippen molar-refractivity contribution in [2.45, 2.75) is 32.4 Å². The molecule has 152 valence electrons. The van der Waals surface area contributed by atoms with Crippen LogP contribution >= 0.6 is 11.3 Å². The summed E-state index contributed by atoms with van der Waals surface area (Å²) in [7, 11) is 0. The fourth-order valence-electron chi connectivity index (χ4n) is 4.00. The van der Waals surface area contributed by atoms with Crippen LogP contribution < -0.4 is 14.8 Å². The van der Waals surface area contributed by atoms with Crippen LogP contribution in [0.3, 0.4) is 0 Å². The van der Waals surface area contributed by atoms with E-state index in [1.165, 1.54) is 11.1 Å². The molecule has 2 aliphatic heterocycles. The SMILES string of the molecule is Cc1cc2c(cc1CN1CCC[C@H]1c1csc(Nc3cc(C#N)ccn3)n1)OCO2. The highest BCUT2D eigenvalue weighted by molar-refractivity contribution is 7.13. The van der Waals surface area contributed by atoms with Gasteiger partial charge < -0.3 is 14.8 Å². The zero-order valence-corrected chi connectivity index (χ0v) is 17.4. The van der Waals surface area contributed by atoms with E-state index in [0.717, 1.165) is 48.3 Å². The second-order valence-corrected chi connectivity index (χ2v) is 8.36. The number of thiazole rings is 1. The zero-order chi connectivity index (χ0) is 20.5. The number of nitrogens with one attached hydrogen (secondary N) is 1. The van der Waals surface area contributed by atoms with Crippen LogP contribution in [-0.4, -0.2) is 28.2 Å². The molecule has 8 heteroatoms. The van der Waals surface area contributed by atoms with Crippen molar-refractivity contribution in [3.05, 3.63) is 58.2 Å². The largest absolute Gasteiger partial charge is 0.454 e. The van der Waals surface area contributed by atoms with Gasteiger partial charge in [-0.25, -0.2) is 9.97 Å². The molecule has 0 radical (unpaired) electrons. The summed E-state index contributed by atoms with van der Waals surface area (Å²) in [5, 5.41) is 15.2. The van der Waals surface area contributed by atoms with E-state index in [0.29, 0.717) is 24.2 Å². The Morgan fingerprint density at radius 3 is 3.03 bits per heavy atom. The van der Waals surface area contributed by atoms with Crippen molar-refractivity contribution < 1.29 is 9.47 Å². The molecule has 1 aromatic carbocycles. The number of rotatable bonds is 5. The van der Waals surface area contributed by atoms with E-state index < -0.39 is 0 Å². The number of fused-ring (bicyclic) bond motifs is 1. The van der Waals surface area contributed by atoms with Crippen LogP contribution in [0.2, 0.25) is 0 Å². The smallest absolute Gasteiger partial charge is 0.231 e. The fraction of sp³-hybridized carbons (Fsp3) is 0.318. The van der Waals surface area contributed by atoms with Crippen molar-refractivity contribution in [3.63, 3.8) is 0 Å². The first-order valence-corrected chi connectivity index (χ1v) is 10.8. The van der Waals surface area contributed by atoms with Crippen molar-refractivity contribution in [3.8, 4) is 17.6 Å². The van der Waals surface area contributed by atoms with Crippen LogP contribution in [0.5, 0.6) is 11.5 Å². The summed E-state index contributed by atoms with van der Waals surface area (Å²) < 4.78 is 11.0. The number of anilines is 2. The summed E-state index contributed by atoms with van der Waals surface area (Å²) in [4.78, 5) is 11.6. The van der Waals surface area contributed by atoms with E-state index in [1.807, 2.05) is 0 Å². The second kappa shape index (κ2) is 7.94. The first-order valence-electron chi connectivity index (χ1n) is 9.91. The second-order valence-electron chi connectivity index (χ2n) is 7.50. The normalized spacial score (nSPS) is 17.8. The Bertz CT molecular complexity index is 1120. The molecule has 4 heterocycles. The number of aryl methyl sites for hydroxylation is 1. The molecule has 3 aromatic rings. The lowest BCUT2D eigenvalue weighted by molar-refractivity contribution is 0.174. The maximum absolute atomic E-state index is 9.06. The third-order valence-corrected chi connectivity index (χ3v) is 6.33. The van der Waals surface area contributed by atoms with Gasteiger partial charge in [-0.05, 0) is 61.7 Å². The molecule has 30 heavy (non-hydrogen) atoms. The molecule has 2 aliphatic rings. The minimum absolute atomic E-state index is 0.292. The molecule has 1 saturated heterocycles. The van der Waals surface area contributed by atoms with Gasteiger partial charge in [0.25, 0.3) is 0 Å². The number of ether oxygens (including phenoxy) is 2. The van der Waals surface area contributed by atoms with Gasteiger partial charge >= 0.3 is 0 Å². The van der Waals surface area contributed by atoms with E-state index >= 15 is 0 Å². The van der Waals surface area contributed by atoms with Gasteiger partial charge in [-0.2, -0.15) is 5.26 Å². The Kier molecular flexibility index (Phi) is 4.99. The van der Waals surface area contributed by atoms with Crippen LogP contribution in [0.4, 0.5) is 10.9 Å². The van der Waals surface area contributed by atoms with Crippen LogP contribution in [-0.2, 0) is 6.54 Å². The lowest BCUT2D eigenvalue weighted by Gasteiger charge is -2.24. The fourth-order valence-corrected chi connectivity index (χ4v) is 4.76. The maximum atomic E-state index is 9.06. The first kappa shape index (κ1) is 18.9. The minimum Gasteiger partial charge on any atom is -0.454 e. The Hall–Kier alpha value is -3.15. The molecule has 0 bridgehead atoms. The summed E-state index contributed by atoms with van der Waals surface area (Å²) in [5.41, 5.74) is 4.13. The molecule has 0 aliphatic carbocycles. The maximum Gasteiger partial charge on any atom is 0.231 e. The summed E-state index contributed by atoms with van der Waals surface area (Å²) in [6.45, 7) is 4.32. The van der Waals surface area contributed by atoms with Crippen LogP contribution in [0, 0.1) is 18.3 Å². The van der Waals surface area contributed by atoms with Gasteiger partial charge in [-0.1, -0.05) is 0 Å². The highest BCUT2D eigenvalue weighted by atomic mass is 32.1. The number of hydrogen-bond donors (Lipinski definition) is 1. The average molecular weight is 420 g/mol. The minimum atomic E-state index is 0.292. The van der Waals surface area contributed by atoms with Gasteiger partial charge in [-0.3, -0.25) is 4.90 Å². The number of pyridine rings is 1. The molecule has 1 N–H and O–H groups in total. The predicted octanol–water partition coefficient (Wildman–Crippen LogP) is 4.53. The van der Waals surface area contributed by atoms with Crippen molar-refractivity contribution in [2.75, 3.05) is 18.7 Å². The first-order chi connectivity index (χ1) is 14.7. The van der Waals surface area contributed by atoms with Gasteiger partial charge in [0.15, 0.2) is 16.6 Å². The average Bonchev–Trinajstić information content (AvgIpc) is 3.49. The highest BCUT2D eigenvalue weighted by Crippen LogP contribution is 2.38. The Morgan fingerprint density at radius 2 is 2.17 bits per heavy atom. The predicted molar refractivity (Wildman–Crippen MR) is 114 cm³/mol. The summed E-state index contributed by atoms with van der Waals surface area (Å²) in [6, 6.07) is 10.0. The molecule has 0 spiro atoms. The van der Waals surface area contributed by atoms with Crippen LogP contribution in [0.15, 0.2) is 35.8 Å². The monoisotopic (exact) mass is 419 g/mol. The molecule has 7 nitrogen and oxygen atoms in total. The van der Waals surface area contributed by atoms with Gasteiger partial charge in [0.2, 0.25) is 6.79 Å². The number of benzene rings is 1. The lowest BCUT2D eigenvalue weighted by atomic mass is 10.1. The lowest BCUT2D eigenvalue weighted by Crippen LogP contribution is -2.23. The van der Waals surface area contributed by atoms with Crippen LogP contribution in [0.25, 0.3) is 0 Å². The van der Waals surface area contributed by atoms with E-state index in [4.69, 9.17) is 19.7 Å². The molecular formula is C22H21N5O2S. The van der Waals surface area contributed by atoms with Gasteiger partial charge in [0, 0.05) is 18.1 Å². The van der Waals surface area contributed by atoms with Crippen molar-refractivity contribution >= 4 is 22.3 Å². The van der Waals surface area contributed by atoms with E-state index in [-0.39, 0.29) is 0 Å². The number of nitrogens with zero attached hydrogens (tertiary/aromatic N) is 4. The number of hydrogen-bond acceptors (Lipinski definition) is 8. The standard InChI is InChI=1S/C22H21N5O2S/c1-14-7-19-20(29-13-28-19)9-16(14)11-27-6-2-3-18(27)17-12-30-22(25-17)26-21-8-15(10-23)4-5-24-21/h4-5,7-9,12,18H,2-3,6,11,13H2,1H3,(H,24,25,26)/t18-/m0/s1. The van der Waals surface area contributed by atoms with Gasteiger partial charge in [0.1, 0.15) is 5.82 Å². The van der Waals surface area contributed by atoms with E-state index in [9.17, 15) is 0 Å². The third-order valence-electron chi connectivity index (χ3n) is 5.56. The van der Waals surface area contributed by atoms with E-state index in [1.54, 1.807) is 29.7 Å². The van der Waals surface area contributed by atoms with Crippen molar-refractivity contribution in [1.29, 1.82) is 5.26 Å². The quantitative estimate of drug-likeness (QED) is 0.650. The molecule has 1 atom stereocenters. The molecule has 1 fully saturated rings. The summed E-state index contributed by atoms with van der Waals surface area (Å²) in [6.07, 6.45) is 3.87. The molecule has 0 amide bonds.